The predicted octanol–water partition coefficient (Wildman–Crippen LogP) is 7.69. The third kappa shape index (κ3) is 4.25. The van der Waals surface area contributed by atoms with Crippen LogP contribution in [0, 0.1) is 0 Å². The molecule has 2 aliphatic heterocycles. The van der Waals surface area contributed by atoms with Crippen LogP contribution in [0.2, 0.25) is 10.0 Å². The molecule has 6 aromatic rings. The van der Waals surface area contributed by atoms with Crippen molar-refractivity contribution in [2.45, 2.75) is 22.2 Å². The molecule has 0 radical (unpaired) electrons. The van der Waals surface area contributed by atoms with Crippen LogP contribution in [0.4, 0.5) is 10.8 Å². The number of carbonyl (C=O) groups is 2. The lowest BCUT2D eigenvalue weighted by atomic mass is 9.84. The highest BCUT2D eigenvalue weighted by Crippen LogP contribution is 2.55. The number of halogens is 2. The molecule has 1 unspecified atom stereocenters. The van der Waals surface area contributed by atoms with Gasteiger partial charge in [-0.1, -0.05) is 113 Å². The number of benzene rings is 4. The smallest absolute Gasteiger partial charge is 0.297 e. The number of thioether (sulfide) groups is 1. The zero-order valence-electron chi connectivity index (χ0n) is 23.6. The third-order valence-corrected chi connectivity index (χ3v) is 11.0. The van der Waals surface area contributed by atoms with Crippen molar-refractivity contribution in [2.24, 2.45) is 0 Å². The van der Waals surface area contributed by atoms with Crippen LogP contribution in [0.1, 0.15) is 32.8 Å². The molecule has 1 atom stereocenters. The van der Waals surface area contributed by atoms with Gasteiger partial charge in [-0.2, -0.15) is 0 Å². The predicted molar refractivity (Wildman–Crippen MR) is 180 cm³/mol. The number of hydrogen-bond donors (Lipinski definition) is 0. The van der Waals surface area contributed by atoms with E-state index in [9.17, 15) is 9.59 Å². The molecule has 2 aromatic heterocycles. The van der Waals surface area contributed by atoms with Crippen LogP contribution in [0.3, 0.4) is 0 Å². The molecule has 46 heavy (non-hydrogen) atoms. The van der Waals surface area contributed by atoms with Crippen molar-refractivity contribution in [3.63, 3.8) is 0 Å². The van der Waals surface area contributed by atoms with Crippen LogP contribution in [-0.2, 0) is 22.6 Å². The first-order chi connectivity index (χ1) is 22.4. The maximum Gasteiger partial charge on any atom is 0.297 e. The number of nitrogens with zero attached hydrogens (tertiary/aromatic N) is 4. The highest BCUT2D eigenvalue weighted by molar-refractivity contribution is 8.00. The van der Waals surface area contributed by atoms with Crippen LogP contribution < -0.4 is 15.2 Å². The Kier molecular flexibility index (Phi) is 6.99. The number of rotatable bonds is 6. The molecule has 8 rings (SSSR count). The first kappa shape index (κ1) is 29.0. The first-order valence-corrected chi connectivity index (χ1v) is 16.7. The second-order valence-corrected chi connectivity index (χ2v) is 13.7. The molecule has 0 fully saturated rings. The average Bonchev–Trinajstić information content (AvgIpc) is 3.71. The second kappa shape index (κ2) is 11.1. The Hall–Kier alpha value is -4.48. The van der Waals surface area contributed by atoms with Crippen molar-refractivity contribution < 1.29 is 14.0 Å². The van der Waals surface area contributed by atoms with Crippen LogP contribution in [0.15, 0.2) is 111 Å². The molecule has 226 valence electrons. The normalized spacial score (nSPS) is 16.9. The molecule has 0 saturated heterocycles. The summed E-state index contributed by atoms with van der Waals surface area (Å²) in [6.07, 6.45) is 0. The van der Waals surface area contributed by atoms with Gasteiger partial charge in [0.2, 0.25) is 10.9 Å². The van der Waals surface area contributed by atoms with E-state index in [0.29, 0.717) is 37.0 Å². The number of aromatic nitrogens is 2. The molecule has 2 aliphatic rings. The number of amides is 2. The van der Waals surface area contributed by atoms with Gasteiger partial charge < -0.3 is 9.32 Å². The average molecular weight is 684 g/mol. The highest BCUT2D eigenvalue weighted by atomic mass is 35.5. The molecule has 4 heterocycles. The van der Waals surface area contributed by atoms with Gasteiger partial charge in [0.1, 0.15) is 5.58 Å². The van der Waals surface area contributed by atoms with E-state index in [4.69, 9.17) is 27.6 Å². The lowest BCUT2D eigenvalue weighted by Gasteiger charge is -2.32. The van der Waals surface area contributed by atoms with E-state index in [1.165, 1.54) is 16.7 Å². The second-order valence-electron chi connectivity index (χ2n) is 10.7. The van der Waals surface area contributed by atoms with Gasteiger partial charge in [-0.25, -0.2) is 0 Å². The van der Waals surface area contributed by atoms with Crippen LogP contribution in [0.5, 0.6) is 0 Å². The fraction of sp³-hybridized carbons (Fsp3) is 0.0882. The summed E-state index contributed by atoms with van der Waals surface area (Å²) < 4.78 is 6.71. The number of anilines is 2. The third-order valence-electron chi connectivity index (χ3n) is 8.21. The van der Waals surface area contributed by atoms with E-state index < -0.39 is 22.8 Å². The number of carbonyl (C=O) groups excluding carboxylic acids is 2. The van der Waals surface area contributed by atoms with Crippen molar-refractivity contribution in [2.75, 3.05) is 9.80 Å². The van der Waals surface area contributed by atoms with Gasteiger partial charge in [-0.3, -0.25) is 19.3 Å². The molecular weight excluding hydrogens is 663 g/mol. The van der Waals surface area contributed by atoms with Crippen molar-refractivity contribution in [3.05, 3.63) is 145 Å². The summed E-state index contributed by atoms with van der Waals surface area (Å²) in [7, 11) is 0. The van der Waals surface area contributed by atoms with Gasteiger partial charge in [0.25, 0.3) is 11.8 Å². The SMILES string of the molecule is O=C1c2oc3ccccc3c(=O)c2C2(C(=O)N(Cc3ccccc3Cl)c3ccccc32)N1c1nnc(SCc2ccccc2Cl)s1. The van der Waals surface area contributed by atoms with Crippen molar-refractivity contribution in [1.29, 1.82) is 0 Å². The van der Waals surface area contributed by atoms with Crippen molar-refractivity contribution in [3.8, 4) is 0 Å². The maximum absolute atomic E-state index is 15.1. The Morgan fingerprint density at radius 1 is 0.804 bits per heavy atom. The van der Waals surface area contributed by atoms with Gasteiger partial charge in [0.15, 0.2) is 15.3 Å². The van der Waals surface area contributed by atoms with E-state index in [2.05, 4.69) is 10.2 Å². The lowest BCUT2D eigenvalue weighted by molar-refractivity contribution is -0.121. The Morgan fingerprint density at radius 2 is 1.48 bits per heavy atom. The van der Waals surface area contributed by atoms with E-state index in [1.807, 2.05) is 48.5 Å². The number of para-hydroxylation sites is 2. The zero-order chi connectivity index (χ0) is 31.6. The number of fused-ring (bicyclic) bond motifs is 5. The summed E-state index contributed by atoms with van der Waals surface area (Å²) in [4.78, 5) is 46.8. The first-order valence-electron chi connectivity index (χ1n) is 14.1. The van der Waals surface area contributed by atoms with E-state index >= 15 is 4.79 Å². The van der Waals surface area contributed by atoms with E-state index in [-0.39, 0.29) is 34.0 Å². The summed E-state index contributed by atoms with van der Waals surface area (Å²) in [6.45, 7) is 0.114. The van der Waals surface area contributed by atoms with E-state index in [0.717, 1.165) is 16.9 Å². The monoisotopic (exact) mass is 682 g/mol. The summed E-state index contributed by atoms with van der Waals surface area (Å²) >= 11 is 15.5. The molecule has 12 heteroatoms. The van der Waals surface area contributed by atoms with E-state index in [1.54, 1.807) is 53.4 Å². The topological polar surface area (TPSA) is 96.6 Å². The maximum atomic E-state index is 15.1. The minimum absolute atomic E-state index is 0.0456. The number of hydrogen-bond acceptors (Lipinski definition) is 8. The van der Waals surface area contributed by atoms with Crippen LogP contribution >= 0.6 is 46.3 Å². The van der Waals surface area contributed by atoms with Gasteiger partial charge in [0.05, 0.1) is 23.2 Å². The standard InChI is InChI=1S/C34H20Cl2N4O4S2/c35-23-13-5-1-9-19(23)17-39-25-15-7-4-12-22(25)34(31(39)43)27-28(41)21-11-3-8-16-26(21)44-29(27)30(42)40(34)32-37-38-33(46-32)45-18-20-10-2-6-14-24(20)36/h1-16H,17-18H2. The minimum Gasteiger partial charge on any atom is -0.450 e. The molecule has 8 nitrogen and oxygen atoms in total. The zero-order valence-corrected chi connectivity index (χ0v) is 26.8. The fourth-order valence-corrected chi connectivity index (χ4v) is 8.54. The molecule has 0 saturated carbocycles. The largest absolute Gasteiger partial charge is 0.450 e. The Balaban J connectivity index is 1.32. The molecule has 0 aliphatic carbocycles. The molecule has 0 N–H and O–H groups in total. The summed E-state index contributed by atoms with van der Waals surface area (Å²) in [5.41, 5.74) is 0.481. The Morgan fingerprint density at radius 3 is 2.26 bits per heavy atom. The highest BCUT2D eigenvalue weighted by Gasteiger charge is 2.66. The quantitative estimate of drug-likeness (QED) is 0.131. The lowest BCUT2D eigenvalue weighted by Crippen LogP contribution is -2.53. The minimum atomic E-state index is -1.89. The summed E-state index contributed by atoms with van der Waals surface area (Å²) in [5.74, 6) is -0.831. The van der Waals surface area contributed by atoms with Crippen molar-refractivity contribution >= 4 is 79.9 Å². The van der Waals surface area contributed by atoms with Crippen LogP contribution in [-0.4, -0.2) is 22.0 Å². The van der Waals surface area contributed by atoms with Gasteiger partial charge >= 0.3 is 0 Å². The van der Waals surface area contributed by atoms with Gasteiger partial charge in [-0.05, 0) is 41.5 Å². The Bertz CT molecular complexity index is 2290. The molecule has 0 bridgehead atoms. The Labute approximate surface area is 280 Å². The van der Waals surface area contributed by atoms with Crippen molar-refractivity contribution in [1.82, 2.24) is 10.2 Å². The van der Waals surface area contributed by atoms with Gasteiger partial charge in [0, 0.05) is 21.4 Å². The van der Waals surface area contributed by atoms with Crippen LogP contribution in [0.25, 0.3) is 11.0 Å². The summed E-state index contributed by atoms with van der Waals surface area (Å²) in [6, 6.07) is 28.6. The summed E-state index contributed by atoms with van der Waals surface area (Å²) in [5, 5.41) is 10.3. The molecule has 4 aromatic carbocycles. The molecular formula is C34H20Cl2N4O4S2. The molecule has 1 spiro atoms. The fourth-order valence-electron chi connectivity index (χ4n) is 6.17. The molecule has 2 amide bonds. The van der Waals surface area contributed by atoms with Gasteiger partial charge in [-0.15, -0.1) is 10.2 Å².